The monoisotopic (exact) mass is 290 g/mol. The third kappa shape index (κ3) is 3.55. The molecule has 21 heavy (non-hydrogen) atoms. The first-order valence-electron chi connectivity index (χ1n) is 7.08. The number of carbonyl (C=O) groups excluding carboxylic acids is 1. The van der Waals surface area contributed by atoms with E-state index in [0.29, 0.717) is 0 Å². The zero-order valence-electron chi connectivity index (χ0n) is 12.7. The first-order chi connectivity index (χ1) is 10.0. The topological polar surface area (TPSA) is 63.5 Å². The average Bonchev–Trinajstić information content (AvgIpc) is 2.88. The Morgan fingerprint density at radius 1 is 1.38 bits per heavy atom. The molecule has 0 fully saturated rings. The van der Waals surface area contributed by atoms with Crippen molar-refractivity contribution in [1.29, 1.82) is 0 Å². The smallest absolute Gasteiger partial charge is 0.240 e. The van der Waals surface area contributed by atoms with Gasteiger partial charge in [-0.15, -0.1) is 0 Å². The third-order valence-corrected chi connectivity index (χ3v) is 3.82. The Morgan fingerprint density at radius 2 is 2.14 bits per heavy atom. The SMILES string of the molecule is COc1ccc2c(ccn2CC(=O)NC(C)C(C)CO)c1. The normalized spacial score (nSPS) is 13.9. The molecule has 5 nitrogen and oxygen atoms in total. The van der Waals surface area contributed by atoms with E-state index in [0.717, 1.165) is 16.7 Å². The number of rotatable bonds is 6. The molecular formula is C16H22N2O3. The van der Waals surface area contributed by atoms with Crippen molar-refractivity contribution in [1.82, 2.24) is 9.88 Å². The van der Waals surface area contributed by atoms with Crippen molar-refractivity contribution in [3.63, 3.8) is 0 Å². The van der Waals surface area contributed by atoms with Crippen LogP contribution in [0, 0.1) is 5.92 Å². The second kappa shape index (κ2) is 6.63. The summed E-state index contributed by atoms with van der Waals surface area (Å²) in [5.74, 6) is 0.783. The second-order valence-corrected chi connectivity index (χ2v) is 5.38. The lowest BCUT2D eigenvalue weighted by molar-refractivity contribution is -0.122. The number of hydrogen-bond acceptors (Lipinski definition) is 3. The zero-order chi connectivity index (χ0) is 15.4. The van der Waals surface area contributed by atoms with Gasteiger partial charge in [-0.1, -0.05) is 6.92 Å². The summed E-state index contributed by atoms with van der Waals surface area (Å²) in [6.07, 6.45) is 1.89. The number of hydrogen-bond donors (Lipinski definition) is 2. The number of aromatic nitrogens is 1. The quantitative estimate of drug-likeness (QED) is 0.852. The van der Waals surface area contributed by atoms with Gasteiger partial charge in [-0.2, -0.15) is 0 Å². The molecule has 1 amide bonds. The molecule has 2 N–H and O–H groups in total. The molecule has 1 heterocycles. The summed E-state index contributed by atoms with van der Waals surface area (Å²) in [5.41, 5.74) is 0.994. The Hall–Kier alpha value is -2.01. The van der Waals surface area contributed by atoms with Crippen molar-refractivity contribution in [3.8, 4) is 5.75 Å². The summed E-state index contributed by atoms with van der Waals surface area (Å²) in [4.78, 5) is 12.1. The largest absolute Gasteiger partial charge is 0.497 e. The van der Waals surface area contributed by atoms with Crippen molar-refractivity contribution in [2.24, 2.45) is 5.92 Å². The van der Waals surface area contributed by atoms with Gasteiger partial charge >= 0.3 is 0 Å². The molecule has 2 unspecified atom stereocenters. The minimum absolute atomic E-state index is 0.0413. The van der Waals surface area contributed by atoms with Gasteiger partial charge in [0.05, 0.1) is 7.11 Å². The standard InChI is InChI=1S/C16H22N2O3/c1-11(10-19)12(2)17-16(20)9-18-7-6-13-8-14(21-3)4-5-15(13)18/h4-8,11-12,19H,9-10H2,1-3H3,(H,17,20). The van der Waals surface area contributed by atoms with Gasteiger partial charge in [0.15, 0.2) is 0 Å². The molecule has 0 spiro atoms. The van der Waals surface area contributed by atoms with Crippen LogP contribution in [0.1, 0.15) is 13.8 Å². The lowest BCUT2D eigenvalue weighted by Gasteiger charge is -2.19. The third-order valence-electron chi connectivity index (χ3n) is 3.82. The van der Waals surface area contributed by atoms with Gasteiger partial charge in [0.25, 0.3) is 0 Å². The van der Waals surface area contributed by atoms with E-state index in [-0.39, 0.29) is 31.0 Å². The van der Waals surface area contributed by atoms with Crippen LogP contribution >= 0.6 is 0 Å². The highest BCUT2D eigenvalue weighted by Crippen LogP contribution is 2.21. The van der Waals surface area contributed by atoms with Crippen LogP contribution in [0.2, 0.25) is 0 Å². The predicted molar refractivity (Wildman–Crippen MR) is 82.3 cm³/mol. The molecule has 0 radical (unpaired) electrons. The predicted octanol–water partition coefficient (Wildman–Crippen LogP) is 1.78. The molecule has 0 bridgehead atoms. The molecule has 1 aromatic heterocycles. The van der Waals surface area contributed by atoms with Gasteiger partial charge in [0.1, 0.15) is 12.3 Å². The van der Waals surface area contributed by atoms with E-state index in [4.69, 9.17) is 9.84 Å². The molecule has 2 aromatic rings. The Bertz CT molecular complexity index is 621. The molecule has 0 saturated heterocycles. The van der Waals surface area contributed by atoms with E-state index in [1.165, 1.54) is 0 Å². The minimum atomic E-state index is -0.0591. The summed E-state index contributed by atoms with van der Waals surface area (Å²) in [5, 5.41) is 13.0. The molecule has 2 atom stereocenters. The lowest BCUT2D eigenvalue weighted by atomic mass is 10.1. The maximum absolute atomic E-state index is 12.1. The van der Waals surface area contributed by atoms with E-state index < -0.39 is 0 Å². The van der Waals surface area contributed by atoms with Crippen molar-refractivity contribution in [3.05, 3.63) is 30.5 Å². The first-order valence-corrected chi connectivity index (χ1v) is 7.08. The Balaban J connectivity index is 2.08. The Morgan fingerprint density at radius 3 is 2.81 bits per heavy atom. The van der Waals surface area contributed by atoms with Gasteiger partial charge in [0, 0.05) is 29.7 Å². The molecule has 1 aromatic carbocycles. The number of aliphatic hydroxyl groups is 1. The summed E-state index contributed by atoms with van der Waals surface area (Å²) >= 11 is 0. The molecule has 0 aliphatic carbocycles. The maximum atomic E-state index is 12.1. The molecule has 5 heteroatoms. The highest BCUT2D eigenvalue weighted by Gasteiger charge is 2.14. The lowest BCUT2D eigenvalue weighted by Crippen LogP contribution is -2.39. The number of nitrogens with zero attached hydrogens (tertiary/aromatic N) is 1. The number of benzene rings is 1. The summed E-state index contributed by atoms with van der Waals surface area (Å²) < 4.78 is 7.09. The highest BCUT2D eigenvalue weighted by molar-refractivity contribution is 5.84. The molecule has 114 valence electrons. The molecule has 0 saturated carbocycles. The minimum Gasteiger partial charge on any atom is -0.497 e. The molecular weight excluding hydrogens is 268 g/mol. The maximum Gasteiger partial charge on any atom is 0.240 e. The van der Waals surface area contributed by atoms with Gasteiger partial charge in [-0.3, -0.25) is 4.79 Å². The fraction of sp³-hybridized carbons (Fsp3) is 0.438. The highest BCUT2D eigenvalue weighted by atomic mass is 16.5. The Kier molecular flexibility index (Phi) is 4.85. The van der Waals surface area contributed by atoms with Crippen molar-refractivity contribution in [2.75, 3.05) is 13.7 Å². The Labute approximate surface area is 124 Å². The number of amides is 1. The average molecular weight is 290 g/mol. The van der Waals surface area contributed by atoms with Crippen LogP contribution in [0.5, 0.6) is 5.75 Å². The van der Waals surface area contributed by atoms with E-state index in [1.54, 1.807) is 7.11 Å². The van der Waals surface area contributed by atoms with Gasteiger partial charge < -0.3 is 19.7 Å². The summed E-state index contributed by atoms with van der Waals surface area (Å²) in [6, 6.07) is 7.68. The number of ether oxygens (including phenoxy) is 1. The van der Waals surface area contributed by atoms with Crippen molar-refractivity contribution < 1.29 is 14.6 Å². The van der Waals surface area contributed by atoms with Gasteiger partial charge in [0.2, 0.25) is 5.91 Å². The van der Waals surface area contributed by atoms with E-state index in [1.807, 2.05) is 48.9 Å². The fourth-order valence-corrected chi connectivity index (χ4v) is 2.20. The van der Waals surface area contributed by atoms with Crippen LogP contribution in [0.25, 0.3) is 10.9 Å². The number of carbonyl (C=O) groups is 1. The second-order valence-electron chi connectivity index (χ2n) is 5.38. The number of aliphatic hydroxyl groups excluding tert-OH is 1. The number of fused-ring (bicyclic) bond motifs is 1. The zero-order valence-corrected chi connectivity index (χ0v) is 12.7. The van der Waals surface area contributed by atoms with Crippen LogP contribution in [0.15, 0.2) is 30.5 Å². The first kappa shape index (κ1) is 15.4. The number of methoxy groups -OCH3 is 1. The van der Waals surface area contributed by atoms with Crippen LogP contribution < -0.4 is 10.1 Å². The van der Waals surface area contributed by atoms with Crippen LogP contribution in [0.4, 0.5) is 0 Å². The van der Waals surface area contributed by atoms with Crippen molar-refractivity contribution >= 4 is 16.8 Å². The van der Waals surface area contributed by atoms with E-state index in [9.17, 15) is 4.79 Å². The number of nitrogens with one attached hydrogen (secondary N) is 1. The van der Waals surface area contributed by atoms with E-state index in [2.05, 4.69) is 5.32 Å². The molecule has 0 aliphatic heterocycles. The van der Waals surface area contributed by atoms with Crippen molar-refractivity contribution in [2.45, 2.75) is 26.4 Å². The van der Waals surface area contributed by atoms with Crippen LogP contribution in [-0.2, 0) is 11.3 Å². The van der Waals surface area contributed by atoms with Crippen LogP contribution in [0.3, 0.4) is 0 Å². The van der Waals surface area contributed by atoms with Gasteiger partial charge in [-0.25, -0.2) is 0 Å². The van der Waals surface area contributed by atoms with Gasteiger partial charge in [-0.05, 0) is 37.1 Å². The molecule has 2 rings (SSSR count). The molecule has 0 aliphatic rings. The summed E-state index contributed by atoms with van der Waals surface area (Å²) in [6.45, 7) is 4.13. The summed E-state index contributed by atoms with van der Waals surface area (Å²) in [7, 11) is 1.63. The fourth-order valence-electron chi connectivity index (χ4n) is 2.20. The van der Waals surface area contributed by atoms with Crippen LogP contribution in [-0.4, -0.2) is 35.3 Å². The van der Waals surface area contributed by atoms with E-state index >= 15 is 0 Å².